The molecule has 0 aromatic heterocycles. The maximum atomic E-state index is 13.6. The summed E-state index contributed by atoms with van der Waals surface area (Å²) in [6, 6.07) is 10.2. The van der Waals surface area contributed by atoms with Crippen molar-refractivity contribution in [2.24, 2.45) is 5.73 Å². The molecule has 0 unspecified atom stereocenters. The van der Waals surface area contributed by atoms with E-state index in [1.165, 1.54) is 6.07 Å². The van der Waals surface area contributed by atoms with Crippen molar-refractivity contribution in [3.05, 3.63) is 63.4 Å². The lowest BCUT2D eigenvalue weighted by Crippen LogP contribution is -2.10. The van der Waals surface area contributed by atoms with Gasteiger partial charge in [-0.1, -0.05) is 40.3 Å². The van der Waals surface area contributed by atoms with Crippen molar-refractivity contribution >= 4 is 33.1 Å². The summed E-state index contributed by atoms with van der Waals surface area (Å²) in [7, 11) is 0. The lowest BCUT2D eigenvalue weighted by molar-refractivity contribution is 0.289. The Bertz CT molecular complexity index is 660. The molecule has 0 fully saturated rings. The van der Waals surface area contributed by atoms with Gasteiger partial charge in [-0.2, -0.15) is 0 Å². The number of aryl methyl sites for hydroxylation is 1. The number of halogens is 2. The summed E-state index contributed by atoms with van der Waals surface area (Å²) in [4.78, 5) is 0.360. The Morgan fingerprint density at radius 1 is 1.30 bits per heavy atom. The molecule has 0 aliphatic heterocycles. The number of benzene rings is 2. The van der Waals surface area contributed by atoms with Gasteiger partial charge in [0.15, 0.2) is 11.6 Å². The molecular weight excluding hydrogens is 341 g/mol. The van der Waals surface area contributed by atoms with Crippen LogP contribution >= 0.6 is 28.1 Å². The van der Waals surface area contributed by atoms with Crippen LogP contribution in [0.15, 0.2) is 40.9 Å². The first-order valence-electron chi connectivity index (χ1n) is 5.94. The van der Waals surface area contributed by atoms with Gasteiger partial charge in [-0.05, 0) is 42.3 Å². The fourth-order valence-corrected chi connectivity index (χ4v) is 2.22. The van der Waals surface area contributed by atoms with Crippen LogP contribution in [0, 0.1) is 12.7 Å². The number of ether oxygens (including phenoxy) is 1. The average molecular weight is 354 g/mol. The molecule has 0 radical (unpaired) electrons. The summed E-state index contributed by atoms with van der Waals surface area (Å²) < 4.78 is 19.9. The Kier molecular flexibility index (Phi) is 4.73. The first kappa shape index (κ1) is 14.9. The first-order chi connectivity index (χ1) is 9.47. The summed E-state index contributed by atoms with van der Waals surface area (Å²) in [6.07, 6.45) is 0. The zero-order chi connectivity index (χ0) is 14.7. The predicted molar refractivity (Wildman–Crippen MR) is 85.5 cm³/mol. The van der Waals surface area contributed by atoms with Crippen LogP contribution < -0.4 is 10.5 Å². The molecule has 0 spiro atoms. The first-order valence-corrected chi connectivity index (χ1v) is 7.14. The molecule has 2 aromatic rings. The van der Waals surface area contributed by atoms with E-state index in [1.54, 1.807) is 12.1 Å². The molecule has 104 valence electrons. The molecule has 0 saturated heterocycles. The maximum Gasteiger partial charge on any atom is 0.165 e. The van der Waals surface area contributed by atoms with Crippen molar-refractivity contribution in [3.8, 4) is 5.75 Å². The van der Waals surface area contributed by atoms with E-state index in [4.69, 9.17) is 22.7 Å². The number of rotatable bonds is 4. The van der Waals surface area contributed by atoms with Gasteiger partial charge < -0.3 is 10.5 Å². The van der Waals surface area contributed by atoms with Gasteiger partial charge in [0.25, 0.3) is 0 Å². The molecular formula is C15H13BrFNOS. The van der Waals surface area contributed by atoms with Crippen LogP contribution in [0.25, 0.3) is 0 Å². The van der Waals surface area contributed by atoms with Crippen LogP contribution in [0.4, 0.5) is 4.39 Å². The molecule has 2 nitrogen and oxygen atoms in total. The van der Waals surface area contributed by atoms with Crippen LogP contribution in [0.2, 0.25) is 0 Å². The molecule has 5 heteroatoms. The maximum absolute atomic E-state index is 13.6. The van der Waals surface area contributed by atoms with E-state index in [1.807, 2.05) is 25.1 Å². The zero-order valence-electron chi connectivity index (χ0n) is 10.8. The SMILES string of the molecule is Cc1cc(C(N)=S)ccc1COc1cc(Br)ccc1F. The number of thiocarbonyl (C=S) groups is 1. The minimum Gasteiger partial charge on any atom is -0.486 e. The van der Waals surface area contributed by atoms with Gasteiger partial charge in [-0.3, -0.25) is 0 Å². The molecule has 0 atom stereocenters. The van der Waals surface area contributed by atoms with Crippen molar-refractivity contribution in [1.82, 2.24) is 0 Å². The molecule has 0 aliphatic rings. The predicted octanol–water partition coefficient (Wildman–Crippen LogP) is 4.11. The summed E-state index contributed by atoms with van der Waals surface area (Å²) in [5.41, 5.74) is 8.36. The minimum atomic E-state index is -0.384. The Morgan fingerprint density at radius 3 is 2.70 bits per heavy atom. The Morgan fingerprint density at radius 2 is 2.05 bits per heavy atom. The topological polar surface area (TPSA) is 35.2 Å². The third-order valence-corrected chi connectivity index (χ3v) is 3.63. The van der Waals surface area contributed by atoms with Crippen LogP contribution in [-0.4, -0.2) is 4.99 Å². The fourth-order valence-electron chi connectivity index (χ4n) is 1.75. The van der Waals surface area contributed by atoms with Gasteiger partial charge in [0.1, 0.15) is 11.6 Å². The van der Waals surface area contributed by atoms with Crippen molar-refractivity contribution in [1.29, 1.82) is 0 Å². The summed E-state index contributed by atoms with van der Waals surface area (Å²) >= 11 is 8.22. The highest BCUT2D eigenvalue weighted by atomic mass is 79.9. The van der Waals surface area contributed by atoms with Gasteiger partial charge >= 0.3 is 0 Å². The van der Waals surface area contributed by atoms with Gasteiger partial charge in [0.05, 0.1) is 0 Å². The third kappa shape index (κ3) is 3.55. The molecule has 20 heavy (non-hydrogen) atoms. The largest absolute Gasteiger partial charge is 0.486 e. The molecule has 2 rings (SSSR count). The second kappa shape index (κ2) is 6.33. The number of nitrogens with two attached hydrogens (primary N) is 1. The average Bonchev–Trinajstić information content (AvgIpc) is 2.40. The van der Waals surface area contributed by atoms with E-state index in [0.29, 0.717) is 4.99 Å². The van der Waals surface area contributed by atoms with Crippen LogP contribution in [0.5, 0.6) is 5.75 Å². The standard InChI is InChI=1S/C15H13BrFNOS/c1-9-6-10(15(18)20)2-3-11(9)8-19-14-7-12(16)4-5-13(14)17/h2-7H,8H2,1H3,(H2,18,20). The highest BCUT2D eigenvalue weighted by Crippen LogP contribution is 2.23. The Hall–Kier alpha value is -1.46. The highest BCUT2D eigenvalue weighted by molar-refractivity contribution is 9.10. The summed E-state index contributed by atoms with van der Waals surface area (Å²) in [5.74, 6) is -0.164. The third-order valence-electron chi connectivity index (χ3n) is 2.90. The van der Waals surface area contributed by atoms with Crippen molar-refractivity contribution in [2.75, 3.05) is 0 Å². The number of hydrogen-bond acceptors (Lipinski definition) is 2. The molecule has 2 N–H and O–H groups in total. The smallest absolute Gasteiger partial charge is 0.165 e. The van der Waals surface area contributed by atoms with Gasteiger partial charge in [-0.15, -0.1) is 0 Å². The molecule has 0 aliphatic carbocycles. The van der Waals surface area contributed by atoms with Gasteiger partial charge in [0.2, 0.25) is 0 Å². The van der Waals surface area contributed by atoms with Crippen LogP contribution in [0.3, 0.4) is 0 Å². The van der Waals surface area contributed by atoms with Crippen LogP contribution in [0.1, 0.15) is 16.7 Å². The highest BCUT2D eigenvalue weighted by Gasteiger charge is 2.07. The van der Waals surface area contributed by atoms with E-state index >= 15 is 0 Å². The van der Waals surface area contributed by atoms with Gasteiger partial charge in [-0.25, -0.2) is 4.39 Å². The van der Waals surface area contributed by atoms with E-state index in [2.05, 4.69) is 15.9 Å². The normalized spacial score (nSPS) is 10.3. The van der Waals surface area contributed by atoms with E-state index in [9.17, 15) is 4.39 Å². The quantitative estimate of drug-likeness (QED) is 0.840. The Labute approximate surface area is 130 Å². The second-order valence-corrected chi connectivity index (χ2v) is 5.72. The van der Waals surface area contributed by atoms with E-state index in [-0.39, 0.29) is 18.2 Å². The molecule has 0 heterocycles. The van der Waals surface area contributed by atoms with Crippen molar-refractivity contribution in [2.45, 2.75) is 13.5 Å². The fraction of sp³-hybridized carbons (Fsp3) is 0.133. The zero-order valence-corrected chi connectivity index (χ0v) is 13.2. The van der Waals surface area contributed by atoms with Crippen LogP contribution in [-0.2, 0) is 6.61 Å². The molecule has 0 bridgehead atoms. The van der Waals surface area contributed by atoms with Crippen molar-refractivity contribution < 1.29 is 9.13 Å². The minimum absolute atomic E-state index is 0.220. The van der Waals surface area contributed by atoms with Crippen molar-refractivity contribution in [3.63, 3.8) is 0 Å². The summed E-state index contributed by atoms with van der Waals surface area (Å²) in [6.45, 7) is 2.23. The van der Waals surface area contributed by atoms with Gasteiger partial charge in [0, 0.05) is 10.0 Å². The summed E-state index contributed by atoms with van der Waals surface area (Å²) in [5, 5.41) is 0. The second-order valence-electron chi connectivity index (χ2n) is 4.37. The molecule has 0 saturated carbocycles. The lowest BCUT2D eigenvalue weighted by Gasteiger charge is -2.11. The Balaban J connectivity index is 2.15. The number of hydrogen-bond donors (Lipinski definition) is 1. The lowest BCUT2D eigenvalue weighted by atomic mass is 10.1. The van der Waals surface area contributed by atoms with E-state index < -0.39 is 0 Å². The van der Waals surface area contributed by atoms with E-state index in [0.717, 1.165) is 21.2 Å². The molecule has 2 aromatic carbocycles. The molecule has 0 amide bonds. The monoisotopic (exact) mass is 353 g/mol.